The molecule has 0 saturated heterocycles. The highest BCUT2D eigenvalue weighted by Gasteiger charge is 2.13. The Morgan fingerprint density at radius 3 is 2.68 bits per heavy atom. The van der Waals surface area contributed by atoms with Crippen molar-refractivity contribution in [2.75, 3.05) is 26.7 Å². The fourth-order valence-corrected chi connectivity index (χ4v) is 2.73. The van der Waals surface area contributed by atoms with Crippen molar-refractivity contribution in [3.05, 3.63) is 29.8 Å². The molecule has 0 aromatic heterocycles. The first-order valence-corrected chi connectivity index (χ1v) is 7.86. The quantitative estimate of drug-likeness (QED) is 0.667. The molecule has 0 heterocycles. The summed E-state index contributed by atoms with van der Waals surface area (Å²) in [5.41, 5.74) is 0.842. The minimum atomic E-state index is -3.43. The zero-order chi connectivity index (χ0) is 14.1. The average molecular weight is 286 g/mol. The first kappa shape index (κ1) is 16.1. The third kappa shape index (κ3) is 5.69. The van der Waals surface area contributed by atoms with E-state index >= 15 is 0 Å². The molecule has 0 radical (unpaired) electrons. The van der Waals surface area contributed by atoms with Crippen LogP contribution in [0.5, 0.6) is 0 Å². The van der Waals surface area contributed by atoms with E-state index in [9.17, 15) is 8.42 Å². The summed E-state index contributed by atoms with van der Waals surface area (Å²) in [5, 5.41) is 3.14. The minimum absolute atomic E-state index is 0.276. The summed E-state index contributed by atoms with van der Waals surface area (Å²) >= 11 is 0. The molecule has 0 saturated carbocycles. The highest BCUT2D eigenvalue weighted by Crippen LogP contribution is 2.11. The van der Waals surface area contributed by atoms with E-state index in [0.717, 1.165) is 18.5 Å². The summed E-state index contributed by atoms with van der Waals surface area (Å²) in [6, 6.07) is 6.77. The van der Waals surface area contributed by atoms with Crippen LogP contribution in [0.2, 0.25) is 0 Å². The van der Waals surface area contributed by atoms with E-state index in [-0.39, 0.29) is 4.90 Å². The monoisotopic (exact) mass is 286 g/mol. The number of benzene rings is 1. The first-order valence-electron chi connectivity index (χ1n) is 6.38. The molecule has 0 unspecified atom stereocenters. The van der Waals surface area contributed by atoms with E-state index in [0.29, 0.717) is 19.7 Å². The fraction of sp³-hybridized carbons (Fsp3) is 0.538. The van der Waals surface area contributed by atoms with Crippen molar-refractivity contribution in [1.82, 2.24) is 10.0 Å². The predicted molar refractivity (Wildman–Crippen MR) is 75.5 cm³/mol. The van der Waals surface area contributed by atoms with Gasteiger partial charge in [0.25, 0.3) is 0 Å². The maximum absolute atomic E-state index is 12.0. The molecule has 0 fully saturated rings. The zero-order valence-electron chi connectivity index (χ0n) is 11.5. The van der Waals surface area contributed by atoms with Crippen molar-refractivity contribution in [2.24, 2.45) is 0 Å². The van der Waals surface area contributed by atoms with Gasteiger partial charge in [-0.1, -0.05) is 19.1 Å². The third-order valence-electron chi connectivity index (χ3n) is 2.54. The van der Waals surface area contributed by atoms with Crippen LogP contribution in [0, 0.1) is 0 Å². The van der Waals surface area contributed by atoms with E-state index in [1.54, 1.807) is 25.3 Å². The SMILES string of the molecule is CCCNCCNS(=O)(=O)c1cccc(COC)c1. The van der Waals surface area contributed by atoms with Crippen LogP contribution in [-0.2, 0) is 21.4 Å². The van der Waals surface area contributed by atoms with Gasteiger partial charge >= 0.3 is 0 Å². The Bertz CT molecular complexity index is 475. The molecule has 5 nitrogen and oxygen atoms in total. The van der Waals surface area contributed by atoms with Crippen molar-refractivity contribution in [3.63, 3.8) is 0 Å². The summed E-state index contributed by atoms with van der Waals surface area (Å²) in [6.07, 6.45) is 1.03. The van der Waals surface area contributed by atoms with Crippen LogP contribution in [0.4, 0.5) is 0 Å². The van der Waals surface area contributed by atoms with E-state index in [4.69, 9.17) is 4.74 Å². The zero-order valence-corrected chi connectivity index (χ0v) is 12.3. The average Bonchev–Trinajstić information content (AvgIpc) is 2.39. The minimum Gasteiger partial charge on any atom is -0.380 e. The maximum Gasteiger partial charge on any atom is 0.240 e. The fourth-order valence-electron chi connectivity index (χ4n) is 1.63. The van der Waals surface area contributed by atoms with E-state index < -0.39 is 10.0 Å². The van der Waals surface area contributed by atoms with Crippen molar-refractivity contribution in [3.8, 4) is 0 Å². The van der Waals surface area contributed by atoms with Crippen LogP contribution in [0.15, 0.2) is 29.2 Å². The lowest BCUT2D eigenvalue weighted by Gasteiger charge is -2.08. The van der Waals surface area contributed by atoms with E-state index in [1.165, 1.54) is 0 Å². The number of rotatable bonds is 9. The topological polar surface area (TPSA) is 67.4 Å². The van der Waals surface area contributed by atoms with Gasteiger partial charge in [-0.25, -0.2) is 13.1 Å². The lowest BCUT2D eigenvalue weighted by atomic mass is 10.2. The van der Waals surface area contributed by atoms with Crippen molar-refractivity contribution in [1.29, 1.82) is 0 Å². The first-order chi connectivity index (χ1) is 9.10. The normalized spacial score (nSPS) is 11.7. The van der Waals surface area contributed by atoms with Crippen LogP contribution in [-0.4, -0.2) is 35.2 Å². The van der Waals surface area contributed by atoms with Crippen molar-refractivity contribution >= 4 is 10.0 Å². The maximum atomic E-state index is 12.0. The Labute approximate surface area is 115 Å². The number of sulfonamides is 1. The number of nitrogens with one attached hydrogen (secondary N) is 2. The number of ether oxygens (including phenoxy) is 1. The molecule has 1 aromatic rings. The molecular weight excluding hydrogens is 264 g/mol. The molecular formula is C13H22N2O3S. The van der Waals surface area contributed by atoms with Crippen LogP contribution >= 0.6 is 0 Å². The van der Waals surface area contributed by atoms with Gasteiger partial charge in [-0.15, -0.1) is 0 Å². The third-order valence-corrected chi connectivity index (χ3v) is 4.00. The van der Waals surface area contributed by atoms with Crippen molar-refractivity contribution in [2.45, 2.75) is 24.8 Å². The van der Waals surface area contributed by atoms with Gasteiger partial charge in [-0.3, -0.25) is 0 Å². The van der Waals surface area contributed by atoms with Gasteiger partial charge in [0, 0.05) is 20.2 Å². The van der Waals surface area contributed by atoms with E-state index in [2.05, 4.69) is 17.0 Å². The smallest absolute Gasteiger partial charge is 0.240 e. The largest absolute Gasteiger partial charge is 0.380 e. The molecule has 0 atom stereocenters. The van der Waals surface area contributed by atoms with Crippen LogP contribution in [0.25, 0.3) is 0 Å². The Morgan fingerprint density at radius 2 is 2.00 bits per heavy atom. The van der Waals surface area contributed by atoms with Crippen LogP contribution in [0.1, 0.15) is 18.9 Å². The second-order valence-corrected chi connectivity index (χ2v) is 6.00. The molecule has 1 rings (SSSR count). The van der Waals surface area contributed by atoms with Gasteiger partial charge in [0.15, 0.2) is 0 Å². The Kier molecular flexibility index (Phi) is 7.01. The number of methoxy groups -OCH3 is 1. The molecule has 1 aromatic carbocycles. The lowest BCUT2D eigenvalue weighted by Crippen LogP contribution is -2.32. The molecule has 0 spiro atoms. The van der Waals surface area contributed by atoms with Gasteiger partial charge in [0.05, 0.1) is 11.5 Å². The van der Waals surface area contributed by atoms with Gasteiger partial charge in [-0.2, -0.15) is 0 Å². The molecule has 108 valence electrons. The van der Waals surface area contributed by atoms with Crippen LogP contribution in [0.3, 0.4) is 0 Å². The number of hydrogen-bond acceptors (Lipinski definition) is 4. The standard InChI is InChI=1S/C13H22N2O3S/c1-3-7-14-8-9-15-19(16,17)13-6-4-5-12(10-13)11-18-2/h4-6,10,14-15H,3,7-9,11H2,1-2H3. The summed E-state index contributed by atoms with van der Waals surface area (Å²) < 4.78 is 31.7. The van der Waals surface area contributed by atoms with Gasteiger partial charge < -0.3 is 10.1 Å². The molecule has 0 bridgehead atoms. The Hall–Kier alpha value is -0.950. The predicted octanol–water partition coefficient (Wildman–Crippen LogP) is 1.11. The molecule has 2 N–H and O–H groups in total. The lowest BCUT2D eigenvalue weighted by molar-refractivity contribution is 0.184. The van der Waals surface area contributed by atoms with Gasteiger partial charge in [0.2, 0.25) is 10.0 Å². The Morgan fingerprint density at radius 1 is 1.21 bits per heavy atom. The van der Waals surface area contributed by atoms with Gasteiger partial charge in [-0.05, 0) is 30.7 Å². The summed E-state index contributed by atoms with van der Waals surface area (Å²) in [5.74, 6) is 0. The highest BCUT2D eigenvalue weighted by atomic mass is 32.2. The van der Waals surface area contributed by atoms with Crippen molar-refractivity contribution < 1.29 is 13.2 Å². The molecule has 0 aliphatic rings. The molecule has 6 heteroatoms. The number of hydrogen-bond donors (Lipinski definition) is 2. The molecule has 0 aliphatic heterocycles. The molecule has 0 aliphatic carbocycles. The summed E-state index contributed by atoms with van der Waals surface area (Å²) in [4.78, 5) is 0.276. The second kappa shape index (κ2) is 8.27. The Balaban J connectivity index is 2.58. The van der Waals surface area contributed by atoms with Crippen LogP contribution < -0.4 is 10.0 Å². The molecule has 0 amide bonds. The molecule has 19 heavy (non-hydrogen) atoms. The van der Waals surface area contributed by atoms with E-state index in [1.807, 2.05) is 6.07 Å². The summed E-state index contributed by atoms with van der Waals surface area (Å²) in [7, 11) is -1.85. The second-order valence-electron chi connectivity index (χ2n) is 4.23. The highest BCUT2D eigenvalue weighted by molar-refractivity contribution is 7.89. The summed E-state index contributed by atoms with van der Waals surface area (Å²) in [6.45, 7) is 4.38. The van der Waals surface area contributed by atoms with Gasteiger partial charge in [0.1, 0.15) is 0 Å².